The van der Waals surface area contributed by atoms with E-state index in [4.69, 9.17) is 9.47 Å². The smallest absolute Gasteiger partial charge is 0.328 e. The number of hydrogen-bond donors (Lipinski definition) is 0. The molecular formula is C14H17NO4. The second-order valence-electron chi connectivity index (χ2n) is 4.45. The summed E-state index contributed by atoms with van der Waals surface area (Å²) in [5.41, 5.74) is 0.963. The zero-order valence-electron chi connectivity index (χ0n) is 11.1. The monoisotopic (exact) mass is 263 g/mol. The van der Waals surface area contributed by atoms with Gasteiger partial charge in [-0.3, -0.25) is 4.79 Å². The van der Waals surface area contributed by atoms with Gasteiger partial charge in [0.2, 0.25) is 5.91 Å². The summed E-state index contributed by atoms with van der Waals surface area (Å²) in [7, 11) is 2.95. The average molecular weight is 263 g/mol. The molecule has 0 N–H and O–H groups in total. The fourth-order valence-electron chi connectivity index (χ4n) is 2.24. The SMILES string of the molecule is COC(=O)[C@H]1CCC(=O)N1Cc1ccc(OC)cc1. The van der Waals surface area contributed by atoms with E-state index >= 15 is 0 Å². The van der Waals surface area contributed by atoms with Crippen molar-refractivity contribution in [2.24, 2.45) is 0 Å². The van der Waals surface area contributed by atoms with E-state index in [1.165, 1.54) is 7.11 Å². The molecule has 1 atom stereocenters. The van der Waals surface area contributed by atoms with Gasteiger partial charge in [-0.1, -0.05) is 12.1 Å². The van der Waals surface area contributed by atoms with E-state index in [9.17, 15) is 9.59 Å². The standard InChI is InChI=1S/C14H17NO4/c1-18-11-5-3-10(4-6-11)9-15-12(14(17)19-2)7-8-13(15)16/h3-6,12H,7-9H2,1-2H3/t12-/m1/s1. The predicted octanol–water partition coefficient (Wildman–Crippen LogP) is 1.36. The number of ether oxygens (including phenoxy) is 2. The highest BCUT2D eigenvalue weighted by molar-refractivity contribution is 5.88. The summed E-state index contributed by atoms with van der Waals surface area (Å²) in [5, 5.41) is 0. The molecule has 0 aliphatic carbocycles. The summed E-state index contributed by atoms with van der Waals surface area (Å²) in [6.45, 7) is 0.419. The van der Waals surface area contributed by atoms with Crippen molar-refractivity contribution < 1.29 is 19.1 Å². The first kappa shape index (κ1) is 13.4. The zero-order chi connectivity index (χ0) is 13.8. The van der Waals surface area contributed by atoms with Gasteiger partial charge in [0, 0.05) is 13.0 Å². The number of esters is 1. The third kappa shape index (κ3) is 2.86. The van der Waals surface area contributed by atoms with Crippen LogP contribution in [-0.4, -0.2) is 37.0 Å². The van der Waals surface area contributed by atoms with Crippen LogP contribution in [0.1, 0.15) is 18.4 Å². The number of benzene rings is 1. The molecule has 0 unspecified atom stereocenters. The fourth-order valence-corrected chi connectivity index (χ4v) is 2.24. The first-order valence-corrected chi connectivity index (χ1v) is 6.16. The molecule has 0 saturated carbocycles. The molecular weight excluding hydrogens is 246 g/mol. The van der Waals surface area contributed by atoms with Crippen molar-refractivity contribution >= 4 is 11.9 Å². The third-order valence-electron chi connectivity index (χ3n) is 3.31. The van der Waals surface area contributed by atoms with Gasteiger partial charge in [-0.05, 0) is 24.1 Å². The number of amides is 1. The fraction of sp³-hybridized carbons (Fsp3) is 0.429. The van der Waals surface area contributed by atoms with Gasteiger partial charge in [0.05, 0.1) is 14.2 Å². The molecule has 1 aromatic carbocycles. The number of carbonyl (C=O) groups excluding carboxylic acids is 2. The van der Waals surface area contributed by atoms with Gasteiger partial charge in [-0.2, -0.15) is 0 Å². The normalized spacial score (nSPS) is 18.5. The highest BCUT2D eigenvalue weighted by Crippen LogP contribution is 2.23. The lowest BCUT2D eigenvalue weighted by molar-refractivity contribution is -0.149. The number of rotatable bonds is 4. The average Bonchev–Trinajstić information content (AvgIpc) is 2.80. The maximum Gasteiger partial charge on any atom is 0.328 e. The summed E-state index contributed by atoms with van der Waals surface area (Å²) < 4.78 is 9.82. The van der Waals surface area contributed by atoms with Gasteiger partial charge >= 0.3 is 5.97 Å². The second-order valence-corrected chi connectivity index (χ2v) is 4.45. The van der Waals surface area contributed by atoms with Crippen LogP contribution in [0.15, 0.2) is 24.3 Å². The van der Waals surface area contributed by atoms with Gasteiger partial charge in [0.15, 0.2) is 0 Å². The summed E-state index contributed by atoms with van der Waals surface area (Å²) in [5.74, 6) is 0.409. The number of likely N-dealkylation sites (tertiary alicyclic amines) is 1. The van der Waals surface area contributed by atoms with Crippen molar-refractivity contribution in [3.63, 3.8) is 0 Å². The largest absolute Gasteiger partial charge is 0.497 e. The molecule has 1 aromatic rings. The van der Waals surface area contributed by atoms with Crippen LogP contribution in [0.25, 0.3) is 0 Å². The molecule has 0 aromatic heterocycles. The van der Waals surface area contributed by atoms with E-state index in [1.807, 2.05) is 24.3 Å². The molecule has 1 heterocycles. The molecule has 1 amide bonds. The summed E-state index contributed by atoms with van der Waals surface area (Å²) in [4.78, 5) is 25.0. The highest BCUT2D eigenvalue weighted by atomic mass is 16.5. The Morgan fingerprint density at radius 1 is 1.32 bits per heavy atom. The Morgan fingerprint density at radius 2 is 2.00 bits per heavy atom. The lowest BCUT2D eigenvalue weighted by atomic mass is 10.2. The molecule has 2 rings (SSSR count). The van der Waals surface area contributed by atoms with Crippen LogP contribution in [0.3, 0.4) is 0 Å². The van der Waals surface area contributed by atoms with Crippen molar-refractivity contribution in [2.75, 3.05) is 14.2 Å². The molecule has 1 saturated heterocycles. The molecule has 19 heavy (non-hydrogen) atoms. The minimum atomic E-state index is -0.459. The quantitative estimate of drug-likeness (QED) is 0.770. The Kier molecular flexibility index (Phi) is 4.04. The maximum absolute atomic E-state index is 11.8. The number of hydrogen-bond acceptors (Lipinski definition) is 4. The first-order chi connectivity index (χ1) is 9.15. The van der Waals surface area contributed by atoms with Crippen molar-refractivity contribution in [2.45, 2.75) is 25.4 Å². The molecule has 5 nitrogen and oxygen atoms in total. The van der Waals surface area contributed by atoms with Gasteiger partial charge in [-0.25, -0.2) is 4.79 Å². The Balaban J connectivity index is 2.10. The Morgan fingerprint density at radius 3 is 2.58 bits per heavy atom. The van der Waals surface area contributed by atoms with Crippen LogP contribution in [0.5, 0.6) is 5.75 Å². The molecule has 0 spiro atoms. The summed E-state index contributed by atoms with van der Waals surface area (Å²) in [6, 6.07) is 6.99. The van der Waals surface area contributed by atoms with Gasteiger partial charge in [-0.15, -0.1) is 0 Å². The minimum Gasteiger partial charge on any atom is -0.497 e. The van der Waals surface area contributed by atoms with E-state index < -0.39 is 6.04 Å². The highest BCUT2D eigenvalue weighted by Gasteiger charge is 2.36. The van der Waals surface area contributed by atoms with Crippen molar-refractivity contribution in [1.29, 1.82) is 0 Å². The Labute approximate surface area is 112 Å². The maximum atomic E-state index is 11.8. The molecule has 0 radical (unpaired) electrons. The topological polar surface area (TPSA) is 55.8 Å². The summed E-state index contributed by atoms with van der Waals surface area (Å²) in [6.07, 6.45) is 0.928. The van der Waals surface area contributed by atoms with E-state index in [-0.39, 0.29) is 11.9 Å². The van der Waals surface area contributed by atoms with Gasteiger partial charge in [0.1, 0.15) is 11.8 Å². The van der Waals surface area contributed by atoms with Crippen LogP contribution < -0.4 is 4.74 Å². The number of carbonyl (C=O) groups is 2. The molecule has 0 bridgehead atoms. The van der Waals surface area contributed by atoms with Crippen molar-refractivity contribution in [3.8, 4) is 5.75 Å². The van der Waals surface area contributed by atoms with Crippen LogP contribution in [-0.2, 0) is 20.9 Å². The molecule has 1 aliphatic heterocycles. The van der Waals surface area contributed by atoms with Crippen molar-refractivity contribution in [1.82, 2.24) is 4.90 Å². The van der Waals surface area contributed by atoms with Gasteiger partial charge in [0.25, 0.3) is 0 Å². The van der Waals surface area contributed by atoms with Crippen LogP contribution in [0.2, 0.25) is 0 Å². The second kappa shape index (κ2) is 5.73. The Hall–Kier alpha value is -2.04. The lowest BCUT2D eigenvalue weighted by Crippen LogP contribution is -2.38. The minimum absolute atomic E-state index is 0.00813. The number of methoxy groups -OCH3 is 2. The van der Waals surface area contributed by atoms with E-state index in [0.29, 0.717) is 19.4 Å². The molecule has 1 aliphatic rings. The predicted molar refractivity (Wildman–Crippen MR) is 68.6 cm³/mol. The molecule has 5 heteroatoms. The lowest BCUT2D eigenvalue weighted by Gasteiger charge is -2.22. The van der Waals surface area contributed by atoms with Crippen LogP contribution in [0, 0.1) is 0 Å². The van der Waals surface area contributed by atoms with E-state index in [1.54, 1.807) is 12.0 Å². The zero-order valence-corrected chi connectivity index (χ0v) is 11.1. The van der Waals surface area contributed by atoms with Gasteiger partial charge < -0.3 is 14.4 Å². The van der Waals surface area contributed by atoms with Crippen molar-refractivity contribution in [3.05, 3.63) is 29.8 Å². The van der Waals surface area contributed by atoms with Crippen LogP contribution in [0.4, 0.5) is 0 Å². The summed E-state index contributed by atoms with van der Waals surface area (Å²) >= 11 is 0. The van der Waals surface area contributed by atoms with Crippen LogP contribution >= 0.6 is 0 Å². The first-order valence-electron chi connectivity index (χ1n) is 6.16. The molecule has 102 valence electrons. The number of nitrogens with zero attached hydrogens (tertiary/aromatic N) is 1. The molecule has 1 fully saturated rings. The Bertz CT molecular complexity index is 469. The van der Waals surface area contributed by atoms with E-state index in [0.717, 1.165) is 11.3 Å². The van der Waals surface area contributed by atoms with E-state index in [2.05, 4.69) is 0 Å². The third-order valence-corrected chi connectivity index (χ3v) is 3.31.